The number of pyridine rings is 4. The van der Waals surface area contributed by atoms with Crippen LogP contribution in [0.1, 0.15) is 306 Å². The van der Waals surface area contributed by atoms with Crippen molar-refractivity contribution < 1.29 is 38.2 Å². The molecule has 15 rings (SSSR count). The van der Waals surface area contributed by atoms with Gasteiger partial charge < -0.3 is 74.4 Å². The number of aromatic nitrogens is 8. The summed E-state index contributed by atoms with van der Waals surface area (Å²) in [4.78, 5) is 128. The summed E-state index contributed by atoms with van der Waals surface area (Å²) < 4.78 is 10.7. The quantitative estimate of drug-likeness (QED) is 0.0720. The second-order valence-corrected chi connectivity index (χ2v) is 47.7. The van der Waals surface area contributed by atoms with Crippen molar-refractivity contribution in [3.05, 3.63) is 124 Å². The second-order valence-electron chi connectivity index (χ2n) is 47.7. The number of morpholine rings is 1. The number of likely N-dealkylation sites (tertiary alicyclic amines) is 4. The van der Waals surface area contributed by atoms with Crippen LogP contribution in [0, 0.1) is 30.6 Å². The zero-order chi connectivity index (χ0) is 104. The van der Waals surface area contributed by atoms with E-state index >= 15 is 0 Å². The maximum atomic E-state index is 11.8. The summed E-state index contributed by atoms with van der Waals surface area (Å²) in [6.45, 7) is 71.4. The number of nitrogens with zero attached hydrogens (tertiary/aromatic N) is 18. The molecule has 0 radical (unpaired) electrons. The number of piperidine rings is 4. The first-order valence-electron chi connectivity index (χ1n) is 53.3. The zero-order valence-corrected chi connectivity index (χ0v) is 92.6. The highest BCUT2D eigenvalue weighted by Crippen LogP contribution is 2.38. The van der Waals surface area contributed by atoms with Crippen molar-refractivity contribution in [2.45, 2.75) is 326 Å². The SMILES string of the molecule is CC(=O)N1CCC(Cc2cc(C(C)(C)C)cc(N(C)C)n2)CC1.CC(=O)N1CCC(Nc2cc(C(C)(C)C)cc(N3CCN(C(C)=O)CC3)n2)CC1.CC(=O)N1CCC(Nc2cc(C(C)(C)C)cc(N3CCN(C)CC3)n2)CC1.CC(=O)N1CCC(Nc2cc(C(C)(C)C)cc(N3CCOCC3)n2)CC1.CCC(=O)C1CCC(Cc2cc(C(C)(C)C)ncn2)CC1.Cc1c(CC2COC2)ncnc1C(C)(C)C. The largest absolute Gasteiger partial charge is 0.381 e. The smallest absolute Gasteiger partial charge is 0.219 e. The minimum Gasteiger partial charge on any atom is -0.381 e. The number of nitrogens with one attached hydrogen (secondary N) is 3. The Hall–Kier alpha value is -9.74. The van der Waals surface area contributed by atoms with E-state index in [1.165, 1.54) is 39.2 Å². The van der Waals surface area contributed by atoms with Gasteiger partial charge in [-0.1, -0.05) is 132 Å². The van der Waals surface area contributed by atoms with E-state index in [0.717, 1.165) is 298 Å². The first kappa shape index (κ1) is 114. The Morgan fingerprint density at radius 2 is 0.732 bits per heavy atom. The van der Waals surface area contributed by atoms with E-state index in [-0.39, 0.29) is 62.0 Å². The number of Topliss-reactive ketones (excluding diaryl/α,β-unsaturated/α-hetero) is 1. The number of carbonyl (C=O) groups is 6. The number of anilines is 7. The van der Waals surface area contributed by atoms with Gasteiger partial charge in [0.1, 0.15) is 59.2 Å². The average molecular weight is 1960 g/mol. The molecule has 0 atom stereocenters. The standard InChI is InChI=1S/C22H35N5O2.C21H35N5O.C20H32N4O2.C19H31N3O.C18H28N2O.C13H20N2O/c1-16(28)25-8-6-19(7-9-25)23-20-14-18(22(3,4)5)15-21(24-20)27-12-10-26(11-13-27)17(2)29;1-16(27)25-8-6-18(7-9-25)22-19-14-17(21(2,3)4)15-20(23-19)26-12-10-24(5)11-13-26;1-15(25)23-7-5-17(6-8-23)21-18-13-16(20(2,3)4)14-19(22-18)24-9-11-26-12-10-24;1-14(23)22-9-7-15(8-10-22)11-17-12-16(19(2,3)4)13-18(20-17)21(5)6;1-5-16(21)14-8-6-13(7-9-14)10-15-11-17(18(2,3)4)20-12-19-15;1-9-11(5-10-6-16-7-10)14-8-15-12(9)13(2,3)4/h14-15,19H,6-13H2,1-5H3,(H,23,24);14-15,18H,6-13H2,1-5H3,(H,22,23);13-14,17H,5-12H2,1-4H3,(H,21,22);12-13,15H,7-11H2,1-6H3;11-14H,5-10H2,1-4H3;8,10H,5-7H2,1-4H3. The third-order valence-corrected chi connectivity index (χ3v) is 29.6. The third kappa shape index (κ3) is 35.3. The summed E-state index contributed by atoms with van der Waals surface area (Å²) in [6.07, 6.45) is 19.5. The van der Waals surface area contributed by atoms with Gasteiger partial charge in [-0.2, -0.15) is 0 Å². The highest BCUT2D eigenvalue weighted by molar-refractivity contribution is 5.81. The van der Waals surface area contributed by atoms with Gasteiger partial charge in [-0.05, 0) is 226 Å². The molecule has 9 fully saturated rings. The molecule has 0 spiro atoms. The van der Waals surface area contributed by atoms with Gasteiger partial charge in [0.05, 0.1) is 32.1 Å². The number of rotatable bonds is 18. The molecule has 142 heavy (non-hydrogen) atoms. The van der Waals surface area contributed by atoms with E-state index < -0.39 is 0 Å². The summed E-state index contributed by atoms with van der Waals surface area (Å²) >= 11 is 0. The molecule has 0 unspecified atom stereocenters. The summed E-state index contributed by atoms with van der Waals surface area (Å²) in [6, 6.07) is 20.9. The highest BCUT2D eigenvalue weighted by atomic mass is 16.5. The molecule has 3 N–H and O–H groups in total. The van der Waals surface area contributed by atoms with Gasteiger partial charge in [-0.3, -0.25) is 28.8 Å². The van der Waals surface area contributed by atoms with Crippen LogP contribution in [0.2, 0.25) is 0 Å². The van der Waals surface area contributed by atoms with Crippen molar-refractivity contribution in [1.82, 2.24) is 69.3 Å². The van der Waals surface area contributed by atoms with Crippen molar-refractivity contribution in [1.29, 1.82) is 0 Å². The molecule has 9 aliphatic rings. The molecule has 0 bridgehead atoms. The summed E-state index contributed by atoms with van der Waals surface area (Å²) in [5.41, 5.74) is 12.7. The fourth-order valence-electron chi connectivity index (χ4n) is 19.7. The molecule has 1 aliphatic carbocycles. The first-order chi connectivity index (χ1) is 66.7. The molecule has 1 saturated carbocycles. The van der Waals surface area contributed by atoms with Crippen LogP contribution in [0.4, 0.5) is 40.7 Å². The first-order valence-corrected chi connectivity index (χ1v) is 53.3. The van der Waals surface area contributed by atoms with Crippen molar-refractivity contribution in [3.63, 3.8) is 0 Å². The lowest BCUT2D eigenvalue weighted by atomic mass is 9.77. The van der Waals surface area contributed by atoms with Crippen LogP contribution in [-0.4, -0.2) is 288 Å². The van der Waals surface area contributed by atoms with Crippen LogP contribution in [-0.2, 0) is 90.0 Å². The average Bonchev–Trinajstić information content (AvgIpc) is 0.815. The van der Waals surface area contributed by atoms with Crippen LogP contribution >= 0.6 is 0 Å². The molecular formula is C113H181N21O8. The van der Waals surface area contributed by atoms with Gasteiger partial charge in [-0.15, -0.1) is 0 Å². The van der Waals surface area contributed by atoms with Crippen molar-refractivity contribution in [2.75, 3.05) is 201 Å². The lowest BCUT2D eigenvalue weighted by Crippen LogP contribution is -2.48. The number of piperazine rings is 2. The number of carbonyl (C=O) groups excluding carboxylic acids is 6. The van der Waals surface area contributed by atoms with E-state index in [4.69, 9.17) is 29.4 Å². The molecule has 14 heterocycles. The zero-order valence-electron chi connectivity index (χ0n) is 92.6. The predicted molar refractivity (Wildman–Crippen MR) is 577 cm³/mol. The Bertz CT molecular complexity index is 5030. The van der Waals surface area contributed by atoms with E-state index in [1.54, 1.807) is 47.3 Å². The Morgan fingerprint density at radius 3 is 1.10 bits per heavy atom. The van der Waals surface area contributed by atoms with Crippen LogP contribution in [0.5, 0.6) is 0 Å². The third-order valence-electron chi connectivity index (χ3n) is 29.6. The maximum absolute atomic E-state index is 11.8. The van der Waals surface area contributed by atoms with Crippen LogP contribution < -0.4 is 35.6 Å². The second kappa shape index (κ2) is 51.4. The minimum atomic E-state index is 0.0212. The van der Waals surface area contributed by atoms with Crippen molar-refractivity contribution in [3.8, 4) is 0 Å². The molecule has 0 aromatic carbocycles. The number of likely N-dealkylation sites (N-methyl/N-ethyl adjacent to an activating group) is 1. The van der Waals surface area contributed by atoms with Gasteiger partial charge in [0.15, 0.2) is 0 Å². The van der Waals surface area contributed by atoms with Crippen LogP contribution in [0.3, 0.4) is 0 Å². The predicted octanol–water partition coefficient (Wildman–Crippen LogP) is 17.3. The Morgan fingerprint density at radius 1 is 0.366 bits per heavy atom. The monoisotopic (exact) mass is 1960 g/mol. The van der Waals surface area contributed by atoms with Crippen LogP contribution in [0.15, 0.2) is 67.3 Å². The number of ether oxygens (including phenoxy) is 2. The number of hydrogen-bond acceptors (Lipinski definition) is 24. The van der Waals surface area contributed by atoms with E-state index in [0.29, 0.717) is 54.0 Å². The molecule has 29 heteroatoms. The number of ketones is 1. The van der Waals surface area contributed by atoms with E-state index in [9.17, 15) is 28.8 Å². The fraction of sp³-hybridized carbons (Fsp3) is 0.699. The summed E-state index contributed by atoms with van der Waals surface area (Å²) in [5.74, 6) is 10.5. The van der Waals surface area contributed by atoms with Gasteiger partial charge in [-0.25, -0.2) is 39.9 Å². The molecule has 29 nitrogen and oxygen atoms in total. The lowest BCUT2D eigenvalue weighted by molar-refractivity contribution is -0.130. The summed E-state index contributed by atoms with van der Waals surface area (Å²) in [5, 5.41) is 10.9. The molecule has 5 amide bonds. The molecule has 6 aromatic heterocycles. The van der Waals surface area contributed by atoms with E-state index in [1.807, 2.05) is 45.5 Å². The van der Waals surface area contributed by atoms with E-state index in [2.05, 4.69) is 254 Å². The minimum absolute atomic E-state index is 0.0212. The topological polar surface area (TPSA) is 292 Å². The van der Waals surface area contributed by atoms with Gasteiger partial charge >= 0.3 is 0 Å². The lowest BCUT2D eigenvalue weighted by Gasteiger charge is -2.36. The Kier molecular flexibility index (Phi) is 41.3. The van der Waals surface area contributed by atoms with Crippen molar-refractivity contribution >= 4 is 76.0 Å². The number of hydrogen-bond donors (Lipinski definition) is 3. The summed E-state index contributed by atoms with van der Waals surface area (Å²) in [7, 11) is 6.27. The fourth-order valence-corrected chi connectivity index (χ4v) is 19.7. The normalized spacial score (nSPS) is 19.2. The van der Waals surface area contributed by atoms with Gasteiger partial charge in [0, 0.05) is 237 Å². The molecular weight excluding hydrogens is 1780 g/mol. The van der Waals surface area contributed by atoms with Crippen molar-refractivity contribution in [2.24, 2.45) is 23.7 Å². The molecule has 8 aliphatic heterocycles. The Balaban J connectivity index is 0.000000177. The number of amides is 5. The van der Waals surface area contributed by atoms with Crippen LogP contribution in [0.25, 0.3) is 0 Å². The molecule has 786 valence electrons. The molecule has 6 aromatic rings. The van der Waals surface area contributed by atoms with Gasteiger partial charge in [0.25, 0.3) is 0 Å². The Labute approximate surface area is 853 Å². The highest BCUT2D eigenvalue weighted by Gasteiger charge is 2.34. The van der Waals surface area contributed by atoms with Gasteiger partial charge in [0.2, 0.25) is 29.5 Å². The molecule has 8 saturated heterocycles. The maximum Gasteiger partial charge on any atom is 0.219 e.